The molecule has 0 atom stereocenters. The summed E-state index contributed by atoms with van der Waals surface area (Å²) in [6.07, 6.45) is 1.76. The van der Waals surface area contributed by atoms with Gasteiger partial charge in [0.05, 0.1) is 0 Å². The molecule has 0 saturated carbocycles. The van der Waals surface area contributed by atoms with Crippen LogP contribution >= 0.6 is 0 Å². The zero-order valence-corrected chi connectivity index (χ0v) is 8.18. The van der Waals surface area contributed by atoms with E-state index in [9.17, 15) is 4.79 Å². The predicted molar refractivity (Wildman–Crippen MR) is 52.9 cm³/mol. The van der Waals surface area contributed by atoms with Gasteiger partial charge in [0.25, 0.3) is 0 Å². The van der Waals surface area contributed by atoms with Gasteiger partial charge in [0.1, 0.15) is 0 Å². The number of aryl methyl sites for hydroxylation is 1. The first-order chi connectivity index (χ1) is 6.15. The summed E-state index contributed by atoms with van der Waals surface area (Å²) in [6.45, 7) is 4.78. The summed E-state index contributed by atoms with van der Waals surface area (Å²) in [7, 11) is 0. The average Bonchev–Trinajstić information content (AvgIpc) is 2.43. The Morgan fingerprint density at radius 1 is 1.38 bits per heavy atom. The van der Waals surface area contributed by atoms with E-state index in [1.54, 1.807) is 0 Å². The number of aromatic amines is 2. The largest absolute Gasteiger partial charge is 0.330 e. The monoisotopic (exact) mass is 183 g/mol. The van der Waals surface area contributed by atoms with Crippen molar-refractivity contribution in [2.45, 2.75) is 32.6 Å². The number of nitrogens with two attached hydrogens (primary N) is 1. The number of aromatic nitrogens is 2. The fourth-order valence-electron chi connectivity index (χ4n) is 1.40. The summed E-state index contributed by atoms with van der Waals surface area (Å²) in [6, 6.07) is 0. The van der Waals surface area contributed by atoms with Gasteiger partial charge in [-0.2, -0.15) is 0 Å². The van der Waals surface area contributed by atoms with E-state index in [2.05, 4.69) is 23.8 Å². The summed E-state index contributed by atoms with van der Waals surface area (Å²) in [5.41, 5.74) is 7.31. The Bertz CT molecular complexity index is 311. The third kappa shape index (κ3) is 2.45. The van der Waals surface area contributed by atoms with E-state index in [-0.39, 0.29) is 5.69 Å². The molecule has 0 aliphatic heterocycles. The van der Waals surface area contributed by atoms with Crippen LogP contribution < -0.4 is 11.4 Å². The Morgan fingerprint density at radius 3 is 2.62 bits per heavy atom. The number of H-pyrrole nitrogens is 2. The van der Waals surface area contributed by atoms with E-state index >= 15 is 0 Å². The normalized spacial score (nSPS) is 11.1. The Kier molecular flexibility index (Phi) is 3.31. The molecule has 0 saturated heterocycles. The molecule has 0 bridgehead atoms. The van der Waals surface area contributed by atoms with E-state index in [1.165, 1.54) is 0 Å². The number of hydrogen-bond acceptors (Lipinski definition) is 2. The molecule has 1 aromatic rings. The van der Waals surface area contributed by atoms with Crippen LogP contribution in [-0.4, -0.2) is 16.5 Å². The van der Waals surface area contributed by atoms with Crippen molar-refractivity contribution in [2.24, 2.45) is 5.73 Å². The predicted octanol–water partition coefficient (Wildman–Crippen LogP) is 0.718. The van der Waals surface area contributed by atoms with Gasteiger partial charge in [0, 0.05) is 11.4 Å². The van der Waals surface area contributed by atoms with Crippen molar-refractivity contribution in [3.63, 3.8) is 0 Å². The maximum atomic E-state index is 11.0. The summed E-state index contributed by atoms with van der Waals surface area (Å²) in [4.78, 5) is 16.6. The van der Waals surface area contributed by atoms with Gasteiger partial charge >= 0.3 is 5.69 Å². The Labute approximate surface area is 77.6 Å². The molecule has 4 nitrogen and oxygen atoms in total. The van der Waals surface area contributed by atoms with Crippen molar-refractivity contribution in [1.29, 1.82) is 0 Å². The molecule has 0 aliphatic rings. The fourth-order valence-corrected chi connectivity index (χ4v) is 1.40. The summed E-state index contributed by atoms with van der Waals surface area (Å²) >= 11 is 0. The van der Waals surface area contributed by atoms with Gasteiger partial charge in [-0.1, -0.05) is 13.8 Å². The molecule has 1 heterocycles. The molecule has 1 rings (SSSR count). The van der Waals surface area contributed by atoms with Crippen molar-refractivity contribution in [3.8, 4) is 0 Å². The number of hydrogen-bond donors (Lipinski definition) is 3. The molecule has 1 aromatic heterocycles. The Morgan fingerprint density at radius 2 is 2.08 bits per heavy atom. The lowest BCUT2D eigenvalue weighted by Gasteiger charge is -2.04. The maximum Gasteiger partial charge on any atom is 0.323 e. The van der Waals surface area contributed by atoms with Crippen molar-refractivity contribution in [3.05, 3.63) is 21.9 Å². The highest BCUT2D eigenvalue weighted by atomic mass is 16.1. The second-order valence-electron chi connectivity index (χ2n) is 3.52. The second kappa shape index (κ2) is 4.28. The van der Waals surface area contributed by atoms with Gasteiger partial charge in [-0.15, -0.1) is 0 Å². The fraction of sp³-hybridized carbons (Fsp3) is 0.667. The lowest BCUT2D eigenvalue weighted by Crippen LogP contribution is -2.03. The van der Waals surface area contributed by atoms with E-state index in [4.69, 9.17) is 5.73 Å². The van der Waals surface area contributed by atoms with Crippen molar-refractivity contribution < 1.29 is 0 Å². The highest BCUT2D eigenvalue weighted by molar-refractivity contribution is 5.14. The molecule has 0 fully saturated rings. The van der Waals surface area contributed by atoms with Crippen LogP contribution in [0.15, 0.2) is 4.79 Å². The molecule has 13 heavy (non-hydrogen) atoms. The zero-order valence-electron chi connectivity index (χ0n) is 8.18. The molecule has 0 unspecified atom stereocenters. The van der Waals surface area contributed by atoms with Crippen LogP contribution in [0, 0.1) is 0 Å². The number of nitrogens with one attached hydrogen (secondary N) is 2. The van der Waals surface area contributed by atoms with E-state index in [0.717, 1.165) is 24.2 Å². The minimum Gasteiger partial charge on any atom is -0.330 e. The van der Waals surface area contributed by atoms with Crippen molar-refractivity contribution in [2.75, 3.05) is 6.54 Å². The molecule has 0 amide bonds. The first-order valence-corrected chi connectivity index (χ1v) is 4.66. The van der Waals surface area contributed by atoms with Crippen LogP contribution in [0.5, 0.6) is 0 Å². The standard InChI is InChI=1S/C9H17N3O/c1-6(2)8-7(4-3-5-10)11-9(13)12-8/h6H,3-5,10H2,1-2H3,(H2,11,12,13). The topological polar surface area (TPSA) is 74.7 Å². The lowest BCUT2D eigenvalue weighted by molar-refractivity contribution is 0.766. The molecule has 0 aromatic carbocycles. The van der Waals surface area contributed by atoms with E-state index < -0.39 is 0 Å². The summed E-state index contributed by atoms with van der Waals surface area (Å²) in [5, 5.41) is 0. The molecule has 0 aliphatic carbocycles. The third-order valence-electron chi connectivity index (χ3n) is 2.05. The third-order valence-corrected chi connectivity index (χ3v) is 2.05. The first kappa shape index (κ1) is 10.1. The molecule has 4 N–H and O–H groups in total. The van der Waals surface area contributed by atoms with Gasteiger partial charge in [-0.3, -0.25) is 0 Å². The van der Waals surface area contributed by atoms with Crippen LogP contribution in [0.2, 0.25) is 0 Å². The molecule has 4 heteroatoms. The van der Waals surface area contributed by atoms with Gasteiger partial charge in [-0.25, -0.2) is 4.79 Å². The number of imidazole rings is 1. The van der Waals surface area contributed by atoms with E-state index in [1.807, 2.05) is 0 Å². The second-order valence-corrected chi connectivity index (χ2v) is 3.52. The smallest absolute Gasteiger partial charge is 0.323 e. The van der Waals surface area contributed by atoms with Crippen LogP contribution in [-0.2, 0) is 6.42 Å². The van der Waals surface area contributed by atoms with Gasteiger partial charge in [0.15, 0.2) is 0 Å². The highest BCUT2D eigenvalue weighted by Crippen LogP contribution is 2.14. The minimum atomic E-state index is -0.115. The zero-order chi connectivity index (χ0) is 9.84. The van der Waals surface area contributed by atoms with Crippen LogP contribution in [0.4, 0.5) is 0 Å². The Hall–Kier alpha value is -1.03. The Balaban J connectivity index is 2.84. The quantitative estimate of drug-likeness (QED) is 0.643. The first-order valence-electron chi connectivity index (χ1n) is 4.66. The summed E-state index contributed by atoms with van der Waals surface area (Å²) < 4.78 is 0. The SMILES string of the molecule is CC(C)c1[nH]c(=O)[nH]c1CCCN. The lowest BCUT2D eigenvalue weighted by atomic mass is 10.1. The van der Waals surface area contributed by atoms with E-state index in [0.29, 0.717) is 12.5 Å². The maximum absolute atomic E-state index is 11.0. The van der Waals surface area contributed by atoms with Crippen LogP contribution in [0.1, 0.15) is 37.6 Å². The average molecular weight is 183 g/mol. The van der Waals surface area contributed by atoms with Gasteiger partial charge < -0.3 is 15.7 Å². The molecule has 0 spiro atoms. The molecular formula is C9H17N3O. The van der Waals surface area contributed by atoms with Gasteiger partial charge in [0.2, 0.25) is 0 Å². The van der Waals surface area contributed by atoms with Gasteiger partial charge in [-0.05, 0) is 25.3 Å². The van der Waals surface area contributed by atoms with Crippen molar-refractivity contribution in [1.82, 2.24) is 9.97 Å². The van der Waals surface area contributed by atoms with Crippen LogP contribution in [0.3, 0.4) is 0 Å². The number of rotatable bonds is 4. The summed E-state index contributed by atoms with van der Waals surface area (Å²) in [5.74, 6) is 0.353. The highest BCUT2D eigenvalue weighted by Gasteiger charge is 2.09. The molecule has 74 valence electrons. The minimum absolute atomic E-state index is 0.115. The molecular weight excluding hydrogens is 166 g/mol. The van der Waals surface area contributed by atoms with Crippen LogP contribution in [0.25, 0.3) is 0 Å². The van der Waals surface area contributed by atoms with Crippen molar-refractivity contribution >= 4 is 0 Å². The molecule has 0 radical (unpaired) electrons.